The normalized spacial score (nSPS) is 13.0. The molecule has 0 spiro atoms. The van der Waals surface area contributed by atoms with Crippen LogP contribution in [0.4, 0.5) is 0 Å². The number of rotatable bonds is 48. The van der Waals surface area contributed by atoms with Crippen LogP contribution in [0.3, 0.4) is 0 Å². The predicted octanol–water partition coefficient (Wildman–Crippen LogP) is 17.9. The molecule has 0 saturated carbocycles. The Hall–Kier alpha value is -2.43. The van der Waals surface area contributed by atoms with Gasteiger partial charge in [0.2, 0.25) is 0 Å². The largest absolute Gasteiger partial charge is 0.457 e. The zero-order valence-corrected chi connectivity index (χ0v) is 40.4. The Morgan fingerprint density at radius 3 is 1.13 bits per heavy atom. The molecule has 0 saturated heterocycles. The maximum atomic E-state index is 12.3. The molecule has 352 valence electrons. The molecule has 0 aromatic carbocycles. The third-order valence-electron chi connectivity index (χ3n) is 11.2. The van der Waals surface area contributed by atoms with Crippen LogP contribution in [0, 0.1) is 0 Å². The molecule has 0 aliphatic rings. The second-order valence-electron chi connectivity index (χ2n) is 17.2. The second kappa shape index (κ2) is 53.7. The van der Waals surface area contributed by atoms with Gasteiger partial charge in [0.1, 0.15) is 6.10 Å². The highest BCUT2D eigenvalue weighted by molar-refractivity contribution is 5.69. The van der Waals surface area contributed by atoms with Crippen molar-refractivity contribution in [2.75, 3.05) is 19.8 Å². The van der Waals surface area contributed by atoms with Gasteiger partial charge < -0.3 is 14.6 Å². The number of esters is 1. The monoisotopic (exact) mass is 849 g/mol. The zero-order valence-electron chi connectivity index (χ0n) is 40.4. The molecule has 0 aromatic rings. The average molecular weight is 849 g/mol. The number of ether oxygens (including phenoxy) is 2. The van der Waals surface area contributed by atoms with E-state index in [9.17, 15) is 9.90 Å². The molecule has 1 atom stereocenters. The van der Waals surface area contributed by atoms with Crippen molar-refractivity contribution in [3.05, 3.63) is 85.1 Å². The Morgan fingerprint density at radius 1 is 0.410 bits per heavy atom. The molecule has 0 heterocycles. The second-order valence-corrected chi connectivity index (χ2v) is 17.2. The molecule has 0 rings (SSSR count). The lowest BCUT2D eigenvalue weighted by atomic mass is 10.0. The molecule has 0 aliphatic carbocycles. The maximum absolute atomic E-state index is 12.3. The Bertz CT molecular complexity index is 1080. The lowest BCUT2D eigenvalue weighted by Crippen LogP contribution is -2.27. The summed E-state index contributed by atoms with van der Waals surface area (Å²) in [4.78, 5) is 12.3. The Kier molecular flexibility index (Phi) is 51.6. The minimum absolute atomic E-state index is 0.180. The first kappa shape index (κ1) is 58.6. The van der Waals surface area contributed by atoms with Gasteiger partial charge in [-0.2, -0.15) is 0 Å². The average Bonchev–Trinajstić information content (AvgIpc) is 3.27. The molecule has 0 amide bonds. The van der Waals surface area contributed by atoms with E-state index in [1.54, 1.807) is 0 Å². The lowest BCUT2D eigenvalue weighted by molar-refractivity contribution is -0.154. The van der Waals surface area contributed by atoms with Gasteiger partial charge in [-0.15, -0.1) is 0 Å². The molecule has 1 unspecified atom stereocenters. The highest BCUT2D eigenvalue weighted by Gasteiger charge is 2.13. The minimum Gasteiger partial charge on any atom is -0.457 e. The maximum Gasteiger partial charge on any atom is 0.306 e. The summed E-state index contributed by atoms with van der Waals surface area (Å²) in [5.41, 5.74) is 0. The van der Waals surface area contributed by atoms with Crippen LogP contribution in [0.2, 0.25) is 0 Å². The van der Waals surface area contributed by atoms with Crippen LogP contribution in [0.5, 0.6) is 0 Å². The zero-order chi connectivity index (χ0) is 44.0. The molecule has 4 heteroatoms. The van der Waals surface area contributed by atoms with Crippen LogP contribution in [-0.4, -0.2) is 37.0 Å². The van der Waals surface area contributed by atoms with E-state index in [1.165, 1.54) is 161 Å². The van der Waals surface area contributed by atoms with Gasteiger partial charge >= 0.3 is 5.97 Å². The molecule has 0 fully saturated rings. The van der Waals surface area contributed by atoms with Gasteiger partial charge in [0.25, 0.3) is 0 Å². The molecule has 0 aliphatic heterocycles. The first-order valence-electron chi connectivity index (χ1n) is 26.2. The quantitative estimate of drug-likeness (QED) is 0.0376. The van der Waals surface area contributed by atoms with Crippen LogP contribution in [0.25, 0.3) is 0 Å². The number of hydrogen-bond acceptors (Lipinski definition) is 4. The number of carbonyl (C=O) groups is 1. The van der Waals surface area contributed by atoms with Crippen molar-refractivity contribution in [2.45, 2.75) is 251 Å². The third kappa shape index (κ3) is 51.8. The summed E-state index contributed by atoms with van der Waals surface area (Å²) in [5, 5.41) is 9.66. The number of aliphatic hydroxyl groups excluding tert-OH is 1. The van der Waals surface area contributed by atoms with Gasteiger partial charge in [-0.3, -0.25) is 4.79 Å². The van der Waals surface area contributed by atoms with E-state index in [4.69, 9.17) is 9.47 Å². The van der Waals surface area contributed by atoms with Crippen molar-refractivity contribution in [3.63, 3.8) is 0 Å². The van der Waals surface area contributed by atoms with Gasteiger partial charge in [-0.1, -0.05) is 234 Å². The van der Waals surface area contributed by atoms with Gasteiger partial charge in [0.15, 0.2) is 0 Å². The van der Waals surface area contributed by atoms with Crippen LogP contribution in [0.15, 0.2) is 85.1 Å². The molecule has 4 nitrogen and oxygen atoms in total. The van der Waals surface area contributed by atoms with Crippen molar-refractivity contribution >= 4 is 5.97 Å². The summed E-state index contributed by atoms with van der Waals surface area (Å²) in [6, 6.07) is 0. The number of allylic oxidation sites excluding steroid dienone is 14. The lowest BCUT2D eigenvalue weighted by Gasteiger charge is -2.16. The number of unbranched alkanes of at least 4 members (excludes halogenated alkanes) is 26. The summed E-state index contributed by atoms with van der Waals surface area (Å²) >= 11 is 0. The highest BCUT2D eigenvalue weighted by Crippen LogP contribution is 2.15. The molecule has 0 bridgehead atoms. The standard InChI is InChI=1S/C57H100O4/c1-3-5-7-9-11-13-15-17-19-21-23-25-27-28-29-31-33-35-37-39-41-43-45-47-49-51-53-60-55-56(54-58)61-57(59)52-50-48-46-44-42-40-38-36-34-32-30-26-24-22-20-18-16-14-12-10-8-6-4-2/h5,7,11,13,17,19,22-25,28-29,33,35,56,58H,3-4,6,8-10,12,14-16,18,20-21,26-27,30-32,34,36-55H2,1-2H3/b7-5-,13-11-,19-17-,24-22-,25-23-,29-28-,35-33-. The van der Waals surface area contributed by atoms with E-state index in [1.807, 2.05) is 0 Å². The molecule has 1 N–H and O–H groups in total. The summed E-state index contributed by atoms with van der Waals surface area (Å²) in [6.07, 6.45) is 75.3. The molecular formula is C57H100O4. The number of carbonyl (C=O) groups excluding carboxylic acids is 1. The molecule has 0 aromatic heterocycles. The summed E-state index contributed by atoms with van der Waals surface area (Å²) in [5.74, 6) is -0.206. The van der Waals surface area contributed by atoms with Crippen LogP contribution in [-0.2, 0) is 14.3 Å². The summed E-state index contributed by atoms with van der Waals surface area (Å²) < 4.78 is 11.2. The van der Waals surface area contributed by atoms with Gasteiger partial charge in [-0.05, 0) is 89.9 Å². The van der Waals surface area contributed by atoms with E-state index < -0.39 is 6.10 Å². The highest BCUT2D eigenvalue weighted by atomic mass is 16.6. The molecule has 0 radical (unpaired) electrons. The first-order valence-corrected chi connectivity index (χ1v) is 26.2. The Balaban J connectivity index is 3.47. The van der Waals surface area contributed by atoms with E-state index >= 15 is 0 Å². The smallest absolute Gasteiger partial charge is 0.306 e. The van der Waals surface area contributed by atoms with Gasteiger partial charge in [0, 0.05) is 13.0 Å². The Morgan fingerprint density at radius 2 is 0.738 bits per heavy atom. The van der Waals surface area contributed by atoms with E-state index in [0.717, 1.165) is 64.2 Å². The van der Waals surface area contributed by atoms with E-state index in [2.05, 4.69) is 98.9 Å². The molecule has 61 heavy (non-hydrogen) atoms. The van der Waals surface area contributed by atoms with Crippen molar-refractivity contribution in [3.8, 4) is 0 Å². The summed E-state index contributed by atoms with van der Waals surface area (Å²) in [6.45, 7) is 5.22. The minimum atomic E-state index is -0.547. The fourth-order valence-electron chi connectivity index (χ4n) is 7.33. The topological polar surface area (TPSA) is 55.8 Å². The fourth-order valence-corrected chi connectivity index (χ4v) is 7.33. The third-order valence-corrected chi connectivity index (χ3v) is 11.2. The van der Waals surface area contributed by atoms with Crippen molar-refractivity contribution in [1.82, 2.24) is 0 Å². The fraction of sp³-hybridized carbons (Fsp3) is 0.737. The number of hydrogen-bond donors (Lipinski definition) is 1. The molecular weight excluding hydrogens is 749 g/mol. The van der Waals surface area contributed by atoms with E-state index in [0.29, 0.717) is 13.0 Å². The van der Waals surface area contributed by atoms with Crippen molar-refractivity contribution in [1.29, 1.82) is 0 Å². The predicted molar refractivity (Wildman–Crippen MR) is 269 cm³/mol. The van der Waals surface area contributed by atoms with Crippen LogP contribution < -0.4 is 0 Å². The van der Waals surface area contributed by atoms with E-state index in [-0.39, 0.29) is 19.2 Å². The first-order chi connectivity index (χ1) is 30.2. The SMILES string of the molecule is CC/C=C\C/C=C\C/C=C\C/C=C\C/C=C\C/C=C\CCCCCCCCCOCC(CO)OC(=O)CCCCCCCCCCCCC/C=C\CCCCCCCCCC. The van der Waals surface area contributed by atoms with Gasteiger partial charge in [0.05, 0.1) is 13.2 Å². The van der Waals surface area contributed by atoms with Crippen LogP contribution >= 0.6 is 0 Å². The Labute approximate surface area is 380 Å². The van der Waals surface area contributed by atoms with Gasteiger partial charge in [-0.25, -0.2) is 0 Å². The number of aliphatic hydroxyl groups is 1. The van der Waals surface area contributed by atoms with Crippen LogP contribution in [0.1, 0.15) is 245 Å². The van der Waals surface area contributed by atoms with Crippen molar-refractivity contribution < 1.29 is 19.4 Å². The van der Waals surface area contributed by atoms with Crippen molar-refractivity contribution in [2.24, 2.45) is 0 Å². The summed E-state index contributed by atoms with van der Waals surface area (Å²) in [7, 11) is 0.